The minimum absolute atomic E-state index is 0.0927. The number of amides is 4. The number of benzene rings is 1. The Kier molecular flexibility index (Phi) is 4.90. The van der Waals surface area contributed by atoms with Crippen molar-refractivity contribution in [3.05, 3.63) is 47.0 Å². The number of carbonyl (C=O) groups is 4. The predicted molar refractivity (Wildman–Crippen MR) is 118 cm³/mol. The van der Waals surface area contributed by atoms with Gasteiger partial charge < -0.3 is 4.90 Å². The molecule has 1 fully saturated rings. The SMILES string of the molecule is O=C1CCC(N2Cc3ccc(-n4cc(C(=O)Nc5nnc6n5CCCC6)nn4)cc3C2=O)C(=O)N1. The topological polar surface area (TPSA) is 157 Å². The molecule has 178 valence electrons. The van der Waals surface area contributed by atoms with Crippen molar-refractivity contribution in [3.63, 3.8) is 0 Å². The molecule has 0 aliphatic carbocycles. The smallest absolute Gasteiger partial charge is 0.280 e. The number of hydrogen-bond acceptors (Lipinski definition) is 8. The summed E-state index contributed by atoms with van der Waals surface area (Å²) in [4.78, 5) is 50.9. The molecule has 0 spiro atoms. The van der Waals surface area contributed by atoms with Crippen LogP contribution in [-0.4, -0.2) is 64.3 Å². The molecule has 3 aliphatic heterocycles. The Hall–Kier alpha value is -4.42. The number of anilines is 1. The first kappa shape index (κ1) is 21.1. The highest BCUT2D eigenvalue weighted by atomic mass is 16.2. The minimum atomic E-state index is -0.680. The molecule has 0 radical (unpaired) electrons. The summed E-state index contributed by atoms with van der Waals surface area (Å²) in [5, 5.41) is 21.2. The monoisotopic (exact) mass is 475 g/mol. The Morgan fingerprint density at radius 1 is 1.09 bits per heavy atom. The highest BCUT2D eigenvalue weighted by molar-refractivity contribution is 6.05. The number of fused-ring (bicyclic) bond motifs is 2. The Morgan fingerprint density at radius 2 is 1.97 bits per heavy atom. The van der Waals surface area contributed by atoms with Crippen molar-refractivity contribution in [1.29, 1.82) is 0 Å². The first-order valence-corrected chi connectivity index (χ1v) is 11.4. The van der Waals surface area contributed by atoms with Crippen LogP contribution in [0, 0.1) is 0 Å². The molecule has 13 nitrogen and oxygen atoms in total. The van der Waals surface area contributed by atoms with Crippen LogP contribution in [0.15, 0.2) is 24.4 Å². The Morgan fingerprint density at radius 3 is 2.83 bits per heavy atom. The van der Waals surface area contributed by atoms with Crippen LogP contribution in [0.1, 0.15) is 57.9 Å². The summed E-state index contributed by atoms with van der Waals surface area (Å²) < 4.78 is 3.31. The molecular weight excluding hydrogens is 454 g/mol. The number of imide groups is 1. The van der Waals surface area contributed by atoms with Gasteiger partial charge in [0.25, 0.3) is 11.8 Å². The van der Waals surface area contributed by atoms with Gasteiger partial charge >= 0.3 is 0 Å². The van der Waals surface area contributed by atoms with Crippen LogP contribution in [0.25, 0.3) is 5.69 Å². The molecule has 1 saturated heterocycles. The van der Waals surface area contributed by atoms with Crippen molar-refractivity contribution in [2.45, 2.75) is 51.2 Å². The third-order valence-corrected chi connectivity index (χ3v) is 6.59. The highest BCUT2D eigenvalue weighted by Gasteiger charge is 2.39. The van der Waals surface area contributed by atoms with Crippen LogP contribution < -0.4 is 10.6 Å². The molecule has 5 heterocycles. The quantitative estimate of drug-likeness (QED) is 0.507. The summed E-state index contributed by atoms with van der Waals surface area (Å²) in [5.74, 6) is -0.291. The van der Waals surface area contributed by atoms with E-state index in [4.69, 9.17) is 0 Å². The number of carbonyl (C=O) groups excluding carboxylic acids is 4. The van der Waals surface area contributed by atoms with Gasteiger partial charge in [-0.15, -0.1) is 15.3 Å². The number of aromatic nitrogens is 6. The second-order valence-electron chi connectivity index (χ2n) is 8.79. The fourth-order valence-electron chi connectivity index (χ4n) is 4.75. The molecule has 13 heteroatoms. The summed E-state index contributed by atoms with van der Waals surface area (Å²) in [5.41, 5.74) is 1.87. The van der Waals surface area contributed by atoms with Crippen molar-refractivity contribution in [1.82, 2.24) is 40.0 Å². The van der Waals surface area contributed by atoms with Gasteiger partial charge in [-0.3, -0.25) is 34.4 Å². The summed E-state index contributed by atoms with van der Waals surface area (Å²) >= 11 is 0. The maximum absolute atomic E-state index is 13.1. The van der Waals surface area contributed by atoms with Gasteiger partial charge in [0.05, 0.1) is 11.9 Å². The zero-order chi connectivity index (χ0) is 24.1. The zero-order valence-corrected chi connectivity index (χ0v) is 18.6. The lowest BCUT2D eigenvalue weighted by molar-refractivity contribution is -0.136. The van der Waals surface area contributed by atoms with Crippen molar-refractivity contribution < 1.29 is 19.2 Å². The maximum atomic E-state index is 13.1. The predicted octanol–water partition coefficient (Wildman–Crippen LogP) is 0.208. The van der Waals surface area contributed by atoms with Crippen LogP contribution >= 0.6 is 0 Å². The average Bonchev–Trinajstić information content (AvgIpc) is 3.58. The number of rotatable bonds is 4. The molecule has 3 aliphatic rings. The summed E-state index contributed by atoms with van der Waals surface area (Å²) in [7, 11) is 0. The normalized spacial score (nSPS) is 19.4. The first-order valence-electron chi connectivity index (χ1n) is 11.4. The second-order valence-corrected chi connectivity index (χ2v) is 8.79. The van der Waals surface area contributed by atoms with E-state index in [0.29, 0.717) is 23.6 Å². The van der Waals surface area contributed by atoms with Crippen molar-refractivity contribution in [3.8, 4) is 5.69 Å². The van der Waals surface area contributed by atoms with E-state index in [0.717, 1.165) is 37.2 Å². The third kappa shape index (κ3) is 3.64. The van der Waals surface area contributed by atoms with Gasteiger partial charge in [-0.25, -0.2) is 4.68 Å². The van der Waals surface area contributed by atoms with Gasteiger partial charge in [-0.05, 0) is 37.0 Å². The molecule has 2 aromatic heterocycles. The zero-order valence-electron chi connectivity index (χ0n) is 18.6. The maximum Gasteiger partial charge on any atom is 0.280 e. The molecule has 6 rings (SSSR count). The van der Waals surface area contributed by atoms with Crippen molar-refractivity contribution in [2.24, 2.45) is 0 Å². The van der Waals surface area contributed by atoms with Gasteiger partial charge in [0.15, 0.2) is 5.69 Å². The van der Waals surface area contributed by atoms with Gasteiger partial charge in [-0.1, -0.05) is 11.3 Å². The second kappa shape index (κ2) is 8.11. The highest BCUT2D eigenvalue weighted by Crippen LogP contribution is 2.29. The lowest BCUT2D eigenvalue weighted by atomic mass is 10.0. The van der Waals surface area contributed by atoms with E-state index in [-0.39, 0.29) is 30.5 Å². The first-order chi connectivity index (χ1) is 17.0. The molecule has 2 N–H and O–H groups in total. The molecule has 35 heavy (non-hydrogen) atoms. The fraction of sp³-hybridized carbons (Fsp3) is 0.364. The van der Waals surface area contributed by atoms with Crippen LogP contribution in [0.5, 0.6) is 0 Å². The Balaban J connectivity index is 1.19. The van der Waals surface area contributed by atoms with Crippen LogP contribution in [0.2, 0.25) is 0 Å². The van der Waals surface area contributed by atoms with E-state index in [1.165, 1.54) is 15.8 Å². The van der Waals surface area contributed by atoms with Crippen molar-refractivity contribution >= 4 is 29.6 Å². The van der Waals surface area contributed by atoms with E-state index >= 15 is 0 Å². The van der Waals surface area contributed by atoms with E-state index in [2.05, 4.69) is 31.1 Å². The van der Waals surface area contributed by atoms with E-state index in [1.54, 1.807) is 18.2 Å². The van der Waals surface area contributed by atoms with E-state index < -0.39 is 17.9 Å². The lowest BCUT2D eigenvalue weighted by Gasteiger charge is -2.29. The summed E-state index contributed by atoms with van der Waals surface area (Å²) in [6, 6.07) is 4.54. The van der Waals surface area contributed by atoms with E-state index in [1.807, 2.05) is 4.57 Å². The Labute approximate surface area is 198 Å². The Bertz CT molecular complexity index is 1390. The molecule has 1 aromatic carbocycles. The largest absolute Gasteiger partial charge is 0.322 e. The van der Waals surface area contributed by atoms with E-state index in [9.17, 15) is 19.2 Å². The van der Waals surface area contributed by atoms with Gasteiger partial charge in [0.2, 0.25) is 17.8 Å². The number of piperidine rings is 1. The number of nitrogens with zero attached hydrogens (tertiary/aromatic N) is 7. The van der Waals surface area contributed by atoms with Gasteiger partial charge in [-0.2, -0.15) is 0 Å². The van der Waals surface area contributed by atoms with Crippen molar-refractivity contribution in [2.75, 3.05) is 5.32 Å². The standard InChI is InChI=1S/C22H21N9O4/c32-18-7-6-16(20(34)23-18)30-10-12-4-5-13(9-14(12)21(30)35)31-11-15(25-28-31)19(33)24-22-27-26-17-3-1-2-8-29(17)22/h4-5,9,11,16H,1-3,6-8,10H2,(H,23,32,34)(H,24,27,33). The fourth-order valence-corrected chi connectivity index (χ4v) is 4.75. The average molecular weight is 475 g/mol. The third-order valence-electron chi connectivity index (χ3n) is 6.59. The van der Waals surface area contributed by atoms with Crippen LogP contribution in [0.4, 0.5) is 5.95 Å². The molecule has 1 unspecified atom stereocenters. The van der Waals surface area contributed by atoms with Crippen LogP contribution in [0.3, 0.4) is 0 Å². The van der Waals surface area contributed by atoms with Gasteiger partial charge in [0, 0.05) is 31.5 Å². The molecule has 1 atom stereocenters. The van der Waals surface area contributed by atoms with Gasteiger partial charge in [0.1, 0.15) is 11.9 Å². The lowest BCUT2D eigenvalue weighted by Crippen LogP contribution is -2.52. The molecular formula is C22H21N9O4. The summed E-state index contributed by atoms with van der Waals surface area (Å²) in [6.07, 6.45) is 4.85. The molecule has 0 bridgehead atoms. The molecule has 4 amide bonds. The van der Waals surface area contributed by atoms with Crippen LogP contribution in [-0.2, 0) is 29.1 Å². The summed E-state index contributed by atoms with van der Waals surface area (Å²) in [6.45, 7) is 1.04. The minimum Gasteiger partial charge on any atom is -0.322 e. The number of hydrogen-bond donors (Lipinski definition) is 2. The number of aryl methyl sites for hydroxylation is 1. The number of nitrogens with one attached hydrogen (secondary N) is 2. The molecule has 3 aromatic rings. The molecule has 0 saturated carbocycles.